The molecule has 0 aliphatic heterocycles. The second kappa shape index (κ2) is 7.73. The van der Waals surface area contributed by atoms with Gasteiger partial charge in [-0.2, -0.15) is 0 Å². The molecule has 0 unspecified atom stereocenters. The van der Waals surface area contributed by atoms with Crippen molar-refractivity contribution in [1.29, 1.82) is 0 Å². The van der Waals surface area contributed by atoms with Crippen molar-refractivity contribution < 1.29 is 13.3 Å². The van der Waals surface area contributed by atoms with Gasteiger partial charge in [0.25, 0.3) is 5.69 Å². The number of hydrogen-bond donors (Lipinski definition) is 1. The first-order chi connectivity index (χ1) is 12.5. The molecule has 0 fully saturated rings. The number of nitrogens with zero attached hydrogens (tertiary/aromatic N) is 2. The maximum atomic E-state index is 12.3. The summed E-state index contributed by atoms with van der Waals surface area (Å²) in [7, 11) is -3.81. The Morgan fingerprint density at radius 2 is 1.88 bits per heavy atom. The molecule has 1 N–H and O–H groups in total. The number of non-ortho nitro benzene ring substituents is 1. The van der Waals surface area contributed by atoms with Crippen LogP contribution in [-0.4, -0.2) is 24.9 Å². The molecule has 3 aromatic rings. The van der Waals surface area contributed by atoms with Gasteiger partial charge in [0.05, 0.1) is 15.5 Å². The summed E-state index contributed by atoms with van der Waals surface area (Å²) in [6, 6.07) is 14.7. The molecule has 7 nitrogen and oxygen atoms in total. The molecule has 0 bridgehead atoms. The molecule has 2 aromatic carbocycles. The smallest absolute Gasteiger partial charge is 0.258 e. The van der Waals surface area contributed by atoms with Crippen molar-refractivity contribution in [3.8, 4) is 10.6 Å². The molecule has 0 atom stereocenters. The first kappa shape index (κ1) is 18.2. The number of hydrogen-bond acceptors (Lipinski definition) is 6. The Balaban J connectivity index is 1.63. The molecule has 1 heterocycles. The van der Waals surface area contributed by atoms with E-state index in [9.17, 15) is 18.5 Å². The van der Waals surface area contributed by atoms with Crippen LogP contribution in [0.2, 0.25) is 0 Å². The van der Waals surface area contributed by atoms with Gasteiger partial charge in [-0.15, -0.1) is 11.3 Å². The third-order valence-corrected chi connectivity index (χ3v) is 5.98. The Kier molecular flexibility index (Phi) is 5.40. The zero-order chi connectivity index (χ0) is 18.6. The minimum Gasteiger partial charge on any atom is -0.258 e. The van der Waals surface area contributed by atoms with Crippen LogP contribution in [0.25, 0.3) is 10.6 Å². The van der Waals surface area contributed by atoms with E-state index < -0.39 is 14.9 Å². The van der Waals surface area contributed by atoms with Crippen LogP contribution in [0.3, 0.4) is 0 Å². The van der Waals surface area contributed by atoms with E-state index in [0.29, 0.717) is 6.42 Å². The van der Waals surface area contributed by atoms with E-state index in [1.165, 1.54) is 29.5 Å². The summed E-state index contributed by atoms with van der Waals surface area (Å²) in [5.41, 5.74) is 1.54. The van der Waals surface area contributed by atoms with Gasteiger partial charge < -0.3 is 0 Å². The quantitative estimate of drug-likeness (QED) is 0.494. The lowest BCUT2D eigenvalue weighted by molar-refractivity contribution is -0.385. The highest BCUT2D eigenvalue weighted by Gasteiger charge is 2.17. The van der Waals surface area contributed by atoms with Crippen LogP contribution in [-0.2, 0) is 16.4 Å². The summed E-state index contributed by atoms with van der Waals surface area (Å²) in [6.07, 6.45) is 0.428. The molecule has 26 heavy (non-hydrogen) atoms. The van der Waals surface area contributed by atoms with Crippen LogP contribution in [0, 0.1) is 10.1 Å². The van der Waals surface area contributed by atoms with Crippen LogP contribution in [0.5, 0.6) is 0 Å². The third kappa shape index (κ3) is 4.31. The molecule has 0 saturated heterocycles. The molecule has 134 valence electrons. The summed E-state index contributed by atoms with van der Waals surface area (Å²) in [4.78, 5) is 14.5. The molecular formula is C17H15N3O4S2. The van der Waals surface area contributed by atoms with Crippen molar-refractivity contribution >= 4 is 27.0 Å². The van der Waals surface area contributed by atoms with Gasteiger partial charge in [-0.25, -0.2) is 18.1 Å². The molecule has 0 spiro atoms. The van der Waals surface area contributed by atoms with Crippen molar-refractivity contribution in [2.45, 2.75) is 11.3 Å². The van der Waals surface area contributed by atoms with Crippen LogP contribution >= 0.6 is 11.3 Å². The number of rotatable bonds is 7. The minimum atomic E-state index is -3.81. The van der Waals surface area contributed by atoms with E-state index in [1.54, 1.807) is 0 Å². The molecular weight excluding hydrogens is 374 g/mol. The van der Waals surface area contributed by atoms with Crippen molar-refractivity contribution in [3.05, 3.63) is 75.8 Å². The summed E-state index contributed by atoms with van der Waals surface area (Å²) < 4.78 is 27.0. The minimum absolute atomic E-state index is 0.130. The van der Waals surface area contributed by atoms with Gasteiger partial charge in [0.15, 0.2) is 0 Å². The molecule has 0 saturated carbocycles. The van der Waals surface area contributed by atoms with Crippen LogP contribution < -0.4 is 4.72 Å². The molecule has 0 aliphatic rings. The molecule has 1 aromatic heterocycles. The summed E-state index contributed by atoms with van der Waals surface area (Å²) >= 11 is 1.50. The van der Waals surface area contributed by atoms with Gasteiger partial charge in [0, 0.05) is 36.0 Å². The van der Waals surface area contributed by atoms with Crippen molar-refractivity contribution in [2.24, 2.45) is 0 Å². The lowest BCUT2D eigenvalue weighted by Crippen LogP contribution is -2.26. The van der Waals surface area contributed by atoms with Gasteiger partial charge in [0.1, 0.15) is 5.01 Å². The standard InChI is InChI=1S/C17H15N3O4S2/c21-20(22)15-7-4-8-16(11-15)26(23,24)18-10-9-14-12-25-17(19-14)13-5-2-1-3-6-13/h1-8,11-12,18H,9-10H2. The summed E-state index contributed by atoms with van der Waals surface area (Å²) in [5.74, 6) is 0. The molecule has 0 aliphatic carbocycles. The van der Waals surface area contributed by atoms with Crippen LogP contribution in [0.4, 0.5) is 5.69 Å². The van der Waals surface area contributed by atoms with Crippen LogP contribution in [0.15, 0.2) is 64.9 Å². The maximum Gasteiger partial charge on any atom is 0.270 e. The topological polar surface area (TPSA) is 102 Å². The van der Waals surface area contributed by atoms with Crippen molar-refractivity contribution in [2.75, 3.05) is 6.54 Å². The Bertz CT molecular complexity index is 1020. The Hall–Kier alpha value is -2.62. The lowest BCUT2D eigenvalue weighted by atomic mass is 10.2. The van der Waals surface area contributed by atoms with E-state index in [4.69, 9.17) is 0 Å². The maximum absolute atomic E-state index is 12.3. The van der Waals surface area contributed by atoms with Gasteiger partial charge in [-0.3, -0.25) is 10.1 Å². The van der Waals surface area contributed by atoms with E-state index in [1.807, 2.05) is 35.7 Å². The average molecular weight is 389 g/mol. The molecule has 9 heteroatoms. The fourth-order valence-electron chi connectivity index (χ4n) is 2.30. The normalized spacial score (nSPS) is 11.4. The number of sulfonamides is 1. The Morgan fingerprint density at radius 3 is 2.62 bits per heavy atom. The highest BCUT2D eigenvalue weighted by atomic mass is 32.2. The Labute approximate surface area is 154 Å². The lowest BCUT2D eigenvalue weighted by Gasteiger charge is -2.05. The van der Waals surface area contributed by atoms with E-state index in [0.717, 1.165) is 22.3 Å². The van der Waals surface area contributed by atoms with Gasteiger partial charge >= 0.3 is 0 Å². The monoisotopic (exact) mass is 389 g/mol. The van der Waals surface area contributed by atoms with Gasteiger partial charge in [0.2, 0.25) is 10.0 Å². The SMILES string of the molecule is O=[N+]([O-])c1cccc(S(=O)(=O)NCCc2csc(-c3ccccc3)n2)c1. The van der Waals surface area contributed by atoms with E-state index in [-0.39, 0.29) is 17.1 Å². The predicted octanol–water partition coefficient (Wildman–Crippen LogP) is 3.24. The second-order valence-electron chi connectivity index (χ2n) is 5.41. The molecule has 0 radical (unpaired) electrons. The van der Waals surface area contributed by atoms with Crippen LogP contribution in [0.1, 0.15) is 5.69 Å². The fourth-order valence-corrected chi connectivity index (χ4v) is 4.23. The van der Waals surface area contributed by atoms with Crippen molar-refractivity contribution in [1.82, 2.24) is 9.71 Å². The van der Waals surface area contributed by atoms with E-state index >= 15 is 0 Å². The number of nitrogens with one attached hydrogen (secondary N) is 1. The number of nitro groups is 1. The predicted molar refractivity (Wildman–Crippen MR) is 99.5 cm³/mol. The number of nitro benzene ring substituents is 1. The highest BCUT2D eigenvalue weighted by molar-refractivity contribution is 7.89. The first-order valence-electron chi connectivity index (χ1n) is 7.70. The molecule has 0 amide bonds. The fraction of sp³-hybridized carbons (Fsp3) is 0.118. The number of thiazole rings is 1. The Morgan fingerprint density at radius 1 is 1.12 bits per heavy atom. The first-order valence-corrected chi connectivity index (χ1v) is 10.1. The average Bonchev–Trinajstić information content (AvgIpc) is 3.11. The zero-order valence-electron chi connectivity index (χ0n) is 13.5. The van der Waals surface area contributed by atoms with Crippen molar-refractivity contribution in [3.63, 3.8) is 0 Å². The second-order valence-corrected chi connectivity index (χ2v) is 8.04. The molecule has 3 rings (SSSR count). The number of aromatic nitrogens is 1. The zero-order valence-corrected chi connectivity index (χ0v) is 15.2. The summed E-state index contributed by atoms with van der Waals surface area (Å²) in [5, 5.41) is 13.6. The van der Waals surface area contributed by atoms with Gasteiger partial charge in [-0.1, -0.05) is 36.4 Å². The van der Waals surface area contributed by atoms with E-state index in [2.05, 4.69) is 9.71 Å². The summed E-state index contributed by atoms with van der Waals surface area (Å²) in [6.45, 7) is 0.156. The largest absolute Gasteiger partial charge is 0.270 e. The van der Waals surface area contributed by atoms with Gasteiger partial charge in [-0.05, 0) is 6.07 Å². The highest BCUT2D eigenvalue weighted by Crippen LogP contribution is 2.23. The number of benzene rings is 2. The third-order valence-electron chi connectivity index (χ3n) is 3.58.